The Morgan fingerprint density at radius 2 is 1.41 bits per heavy atom. The van der Waals surface area contributed by atoms with Crippen molar-refractivity contribution in [2.75, 3.05) is 31.6 Å². The van der Waals surface area contributed by atoms with Crippen molar-refractivity contribution >= 4 is 75.9 Å². The number of guanidine groups is 1. The molecule has 9 atom stereocenters. The molecule has 73 heavy (non-hydrogen) atoms. The van der Waals surface area contributed by atoms with Gasteiger partial charge in [-0.3, -0.25) is 38.6 Å². The number of nitrogens with two attached hydrogens (primary N) is 3. The molecule has 14 N–H and O–H groups in total. The summed E-state index contributed by atoms with van der Waals surface area (Å²) in [4.78, 5) is 120. The number of H-pyrrole nitrogens is 1. The summed E-state index contributed by atoms with van der Waals surface area (Å²) < 4.78 is 0. The number of thioether (sulfide) groups is 1. The lowest BCUT2D eigenvalue weighted by Gasteiger charge is -2.31. The zero-order chi connectivity index (χ0) is 53.4. The molecule has 2 aliphatic heterocycles. The maximum atomic E-state index is 14.7. The van der Waals surface area contributed by atoms with E-state index in [4.69, 9.17) is 17.2 Å². The van der Waals surface area contributed by atoms with Crippen LogP contribution in [0.2, 0.25) is 0 Å². The van der Waals surface area contributed by atoms with E-state index in [1.165, 1.54) is 28.9 Å². The number of hydrogen-bond acceptors (Lipinski definition) is 12. The Hall–Kier alpha value is -6.88. The van der Waals surface area contributed by atoms with Gasteiger partial charge in [0.05, 0.1) is 6.04 Å². The van der Waals surface area contributed by atoms with Crippen LogP contribution in [0.25, 0.3) is 10.9 Å². The number of carbonyl (C=O) groups excluding carboxylic acids is 7. The summed E-state index contributed by atoms with van der Waals surface area (Å²) in [5, 5.41) is 34.4. The predicted molar refractivity (Wildman–Crippen MR) is 277 cm³/mol. The number of aromatic nitrogens is 1. The van der Waals surface area contributed by atoms with Gasteiger partial charge in [0, 0.05) is 49.6 Å². The van der Waals surface area contributed by atoms with Crippen molar-refractivity contribution in [3.63, 3.8) is 0 Å². The van der Waals surface area contributed by atoms with Crippen molar-refractivity contribution in [3.8, 4) is 5.75 Å². The number of nitrogens with one attached hydrogen (secondary N) is 6. The van der Waals surface area contributed by atoms with Gasteiger partial charge in [-0.05, 0) is 99.1 Å². The molecule has 3 heterocycles. The number of phenols is 1. The second kappa shape index (κ2) is 27.3. The monoisotopic (exact) mass is 1030 g/mol. The van der Waals surface area contributed by atoms with Gasteiger partial charge in [0.15, 0.2) is 5.96 Å². The maximum Gasteiger partial charge on any atom is 0.326 e. The number of hydrogen-bond donors (Lipinski definition) is 11. The van der Waals surface area contributed by atoms with Gasteiger partial charge in [-0.2, -0.15) is 11.8 Å². The fourth-order valence-corrected chi connectivity index (χ4v) is 9.59. The van der Waals surface area contributed by atoms with Crippen LogP contribution in [0.3, 0.4) is 0 Å². The number of aliphatic imine (C=N–C) groups is 1. The zero-order valence-electron chi connectivity index (χ0n) is 41.9. The van der Waals surface area contributed by atoms with Gasteiger partial charge in [0.1, 0.15) is 48.0 Å². The van der Waals surface area contributed by atoms with Crippen LogP contribution in [0.15, 0.2) is 59.7 Å². The van der Waals surface area contributed by atoms with Crippen molar-refractivity contribution in [2.45, 2.75) is 133 Å². The predicted octanol–water partition coefficient (Wildman–Crippen LogP) is 0.349. The smallest absolute Gasteiger partial charge is 0.326 e. The van der Waals surface area contributed by atoms with Crippen molar-refractivity contribution in [2.24, 2.45) is 28.1 Å². The van der Waals surface area contributed by atoms with E-state index in [0.717, 1.165) is 10.9 Å². The summed E-state index contributed by atoms with van der Waals surface area (Å²) in [5.41, 5.74) is 19.0. The van der Waals surface area contributed by atoms with E-state index < -0.39 is 95.7 Å². The minimum absolute atomic E-state index is 0.00114. The van der Waals surface area contributed by atoms with Gasteiger partial charge >= 0.3 is 5.97 Å². The molecule has 3 aromatic rings. The van der Waals surface area contributed by atoms with Gasteiger partial charge in [-0.25, -0.2) is 4.79 Å². The van der Waals surface area contributed by atoms with Gasteiger partial charge in [0.2, 0.25) is 41.4 Å². The number of aliphatic carboxylic acids is 1. The number of carbonyl (C=O) groups is 8. The average molecular weight is 1030 g/mol. The molecule has 0 bridgehead atoms. The molecule has 5 rings (SSSR count). The summed E-state index contributed by atoms with van der Waals surface area (Å²) in [7, 11) is 0. The number of para-hydroxylation sites is 1. The quantitative estimate of drug-likeness (QED) is 0.0294. The third-order valence-electron chi connectivity index (χ3n) is 13.5. The van der Waals surface area contributed by atoms with Crippen LogP contribution in [0.4, 0.5) is 0 Å². The average Bonchev–Trinajstić information content (AvgIpc) is 4.16. The highest BCUT2D eigenvalue weighted by molar-refractivity contribution is 7.98. The highest BCUT2D eigenvalue weighted by atomic mass is 32.2. The first kappa shape index (κ1) is 57.0. The fourth-order valence-electron chi connectivity index (χ4n) is 9.10. The number of rotatable bonds is 26. The Kier molecular flexibility index (Phi) is 21.3. The third kappa shape index (κ3) is 15.8. The van der Waals surface area contributed by atoms with Crippen molar-refractivity contribution < 1.29 is 48.6 Å². The third-order valence-corrected chi connectivity index (χ3v) is 14.1. The summed E-state index contributed by atoms with van der Waals surface area (Å²) in [6, 6.07) is 4.49. The van der Waals surface area contributed by atoms with E-state index in [0.29, 0.717) is 55.5 Å². The largest absolute Gasteiger partial charge is 0.508 e. The molecule has 0 saturated carbocycles. The molecule has 2 fully saturated rings. The fraction of sp³-hybridized carbons (Fsp3) is 0.540. The molecule has 398 valence electrons. The van der Waals surface area contributed by atoms with E-state index in [1.54, 1.807) is 37.0 Å². The van der Waals surface area contributed by atoms with Crippen molar-refractivity contribution in [1.82, 2.24) is 41.4 Å². The number of nitrogens with zero attached hydrogens (tertiary/aromatic N) is 3. The van der Waals surface area contributed by atoms with E-state index in [1.807, 2.05) is 37.4 Å². The van der Waals surface area contributed by atoms with E-state index in [9.17, 15) is 48.6 Å². The first-order chi connectivity index (χ1) is 34.8. The first-order valence-corrected chi connectivity index (χ1v) is 26.2. The van der Waals surface area contributed by atoms with Crippen LogP contribution in [0, 0.1) is 5.92 Å². The molecule has 7 amide bonds. The number of carboxylic acids is 1. The number of phenolic OH excluding ortho intramolecular Hbond substituents is 1. The normalized spacial score (nSPS) is 18.3. The molecular formula is C50H72N12O10S. The van der Waals surface area contributed by atoms with E-state index in [-0.39, 0.29) is 62.8 Å². The lowest BCUT2D eigenvalue weighted by Crippen LogP contribution is -2.60. The van der Waals surface area contributed by atoms with E-state index in [2.05, 4.69) is 36.6 Å². The highest BCUT2D eigenvalue weighted by Gasteiger charge is 2.41. The van der Waals surface area contributed by atoms with Crippen LogP contribution in [-0.2, 0) is 51.2 Å². The molecular weight excluding hydrogens is 961 g/mol. The standard InChI is InChI=1S/C50H72N12O10S/c1-5-28(2)41(46(68)57-36(49(71)72)13-8-21-54-50(52)53)60-43(65)37(26-31-27-55-35-12-7-6-11-33(31)35)58-45(67)40-15-10-23-62(40)48(70)38(25-30-16-18-32(63)19-17-30)59-42(64)29(3)56-44(66)39-14-9-22-61(39)47(69)34(51)20-24-73-4/h6-7,11-12,16-19,27-29,34,36-41,55,63H,5,8-10,13-15,20-26,51H2,1-4H3,(H,56,66)(H,57,68)(H,58,67)(H,59,64)(H,60,65)(H,71,72)(H4,52,53,54)/t28-,29-,34-,36-,37-,38-,39-,40+,41-/m1/s1. The Morgan fingerprint density at radius 1 is 0.781 bits per heavy atom. The number of fused-ring (bicyclic) bond motifs is 1. The minimum atomic E-state index is -1.32. The Bertz CT molecular complexity index is 2450. The summed E-state index contributed by atoms with van der Waals surface area (Å²) in [6.45, 7) is 5.62. The Morgan fingerprint density at radius 3 is 2.04 bits per heavy atom. The van der Waals surface area contributed by atoms with Gasteiger partial charge in [0.25, 0.3) is 0 Å². The molecule has 0 unspecified atom stereocenters. The minimum Gasteiger partial charge on any atom is -0.508 e. The number of amides is 7. The van der Waals surface area contributed by atoms with E-state index >= 15 is 0 Å². The zero-order valence-corrected chi connectivity index (χ0v) is 42.8. The second-order valence-electron chi connectivity index (χ2n) is 18.8. The molecule has 0 spiro atoms. The van der Waals surface area contributed by atoms with Crippen LogP contribution in [0.5, 0.6) is 5.75 Å². The van der Waals surface area contributed by atoms with Gasteiger partial charge in [-0.15, -0.1) is 0 Å². The van der Waals surface area contributed by atoms with Crippen LogP contribution in [-0.4, -0.2) is 158 Å². The molecule has 2 aliphatic rings. The van der Waals surface area contributed by atoms with Crippen LogP contribution < -0.4 is 43.8 Å². The number of benzene rings is 2. The highest BCUT2D eigenvalue weighted by Crippen LogP contribution is 2.24. The summed E-state index contributed by atoms with van der Waals surface area (Å²) in [5.74, 6) is -5.59. The Labute approximate surface area is 429 Å². The maximum absolute atomic E-state index is 14.7. The number of aromatic hydroxyl groups is 1. The van der Waals surface area contributed by atoms with Gasteiger partial charge < -0.3 is 68.8 Å². The summed E-state index contributed by atoms with van der Waals surface area (Å²) in [6.07, 6.45) is 6.22. The number of carboxylic acid groups (broad SMARTS) is 1. The molecule has 0 aliphatic carbocycles. The lowest BCUT2D eigenvalue weighted by molar-refractivity contribution is -0.143. The van der Waals surface area contributed by atoms with Crippen molar-refractivity contribution in [3.05, 3.63) is 65.9 Å². The SMILES string of the molecule is CC[C@@H](C)[C@@H](NC(=O)[C@@H](Cc1c[nH]c2ccccc12)NC(=O)[C@@H]1CCCN1C(=O)[C@@H](Cc1ccc(O)cc1)NC(=O)[C@@H](C)NC(=O)[C@H]1CCCN1C(=O)[C@H](N)CCSC)C(=O)N[C@H](CCCN=C(N)N)C(=O)O. The molecule has 2 aromatic carbocycles. The molecule has 23 heteroatoms. The van der Waals surface area contributed by atoms with Crippen molar-refractivity contribution in [1.29, 1.82) is 0 Å². The number of likely N-dealkylation sites (tertiary alicyclic amines) is 2. The number of aromatic amines is 1. The van der Waals surface area contributed by atoms with Crippen LogP contribution >= 0.6 is 11.8 Å². The van der Waals surface area contributed by atoms with Gasteiger partial charge in [-0.1, -0.05) is 50.6 Å². The van der Waals surface area contributed by atoms with Crippen LogP contribution in [0.1, 0.15) is 83.3 Å². The molecule has 22 nitrogen and oxygen atoms in total. The summed E-state index contributed by atoms with van der Waals surface area (Å²) >= 11 is 1.56. The Balaban J connectivity index is 1.35. The lowest BCUT2D eigenvalue weighted by atomic mass is 9.96. The molecule has 0 radical (unpaired) electrons. The topological polar surface area (TPSA) is 350 Å². The molecule has 1 aromatic heterocycles. The first-order valence-electron chi connectivity index (χ1n) is 24.8. The molecule has 2 saturated heterocycles. The second-order valence-corrected chi connectivity index (χ2v) is 19.8.